The van der Waals surface area contributed by atoms with Crippen molar-refractivity contribution in [3.63, 3.8) is 0 Å². The molecule has 2 nitrogen and oxygen atoms in total. The molecule has 1 heterocycles. The molecule has 50 valence electrons. The zero-order valence-electron chi connectivity index (χ0n) is 5.50. The zero-order chi connectivity index (χ0) is 6.69. The van der Waals surface area contributed by atoms with Crippen LogP contribution in [0.1, 0.15) is 12.6 Å². The average molecular weight is 124 g/mol. The fraction of sp³-hybridized carbons (Fsp3) is 0.429. The van der Waals surface area contributed by atoms with E-state index in [2.05, 4.69) is 0 Å². The molecular weight excluding hydrogens is 114 g/mol. The largest absolute Gasteiger partial charge is 0.850 e. The van der Waals surface area contributed by atoms with Crippen molar-refractivity contribution in [3.05, 3.63) is 24.0 Å². The molecule has 0 bridgehead atoms. The molecule has 1 aromatic heterocycles. The summed E-state index contributed by atoms with van der Waals surface area (Å²) in [6, 6.07) is 3.76. The monoisotopic (exact) mass is 124 g/mol. The first-order valence-corrected chi connectivity index (χ1v) is 3.10. The minimum absolute atomic E-state index is 0.110. The molecule has 0 saturated heterocycles. The van der Waals surface area contributed by atoms with Crippen LogP contribution < -0.4 is 5.11 Å². The van der Waals surface area contributed by atoms with E-state index in [0.29, 0.717) is 0 Å². The third kappa shape index (κ3) is 1.13. The molecule has 0 aliphatic carbocycles. The summed E-state index contributed by atoms with van der Waals surface area (Å²) in [5.74, 6) is 0. The predicted molar refractivity (Wildman–Crippen MR) is 33.8 cm³/mol. The van der Waals surface area contributed by atoms with Crippen LogP contribution in [0.15, 0.2) is 18.3 Å². The van der Waals surface area contributed by atoms with Gasteiger partial charge in [-0.15, -0.1) is 0 Å². The van der Waals surface area contributed by atoms with Crippen molar-refractivity contribution < 1.29 is 5.11 Å². The van der Waals surface area contributed by atoms with Gasteiger partial charge in [0.25, 0.3) is 0 Å². The van der Waals surface area contributed by atoms with Crippen LogP contribution in [0.4, 0.5) is 0 Å². The van der Waals surface area contributed by atoms with Gasteiger partial charge in [-0.2, -0.15) is 0 Å². The van der Waals surface area contributed by atoms with E-state index in [1.807, 2.05) is 29.8 Å². The second-order valence-electron chi connectivity index (χ2n) is 1.93. The van der Waals surface area contributed by atoms with Crippen LogP contribution in [0, 0.1) is 0 Å². The van der Waals surface area contributed by atoms with Gasteiger partial charge in [0.15, 0.2) is 0 Å². The Bertz CT molecular complexity index is 162. The molecule has 0 amide bonds. The molecule has 0 atom stereocenters. The first-order valence-electron chi connectivity index (χ1n) is 3.10. The van der Waals surface area contributed by atoms with E-state index in [-0.39, 0.29) is 6.61 Å². The second-order valence-corrected chi connectivity index (χ2v) is 1.93. The zero-order valence-corrected chi connectivity index (χ0v) is 5.50. The van der Waals surface area contributed by atoms with E-state index in [0.717, 1.165) is 12.2 Å². The lowest BCUT2D eigenvalue weighted by Crippen LogP contribution is -2.08. The lowest BCUT2D eigenvalue weighted by atomic mass is 10.4. The first kappa shape index (κ1) is 6.36. The van der Waals surface area contributed by atoms with Crippen LogP contribution in [-0.4, -0.2) is 4.57 Å². The van der Waals surface area contributed by atoms with Crippen molar-refractivity contribution in [2.24, 2.45) is 0 Å². The van der Waals surface area contributed by atoms with Gasteiger partial charge in [-0.25, -0.2) is 0 Å². The van der Waals surface area contributed by atoms with Crippen LogP contribution in [0.25, 0.3) is 0 Å². The van der Waals surface area contributed by atoms with Crippen LogP contribution in [0.5, 0.6) is 0 Å². The standard InChI is InChI=1S/C7H10NO/c1-2-8-5-3-4-7(8)6-9/h3-5H,2,6H2,1H3/q-1. The van der Waals surface area contributed by atoms with Crippen molar-refractivity contribution in [2.45, 2.75) is 20.1 Å². The minimum Gasteiger partial charge on any atom is -0.850 e. The van der Waals surface area contributed by atoms with E-state index in [4.69, 9.17) is 0 Å². The Balaban J connectivity index is 2.85. The summed E-state index contributed by atoms with van der Waals surface area (Å²) in [7, 11) is 0. The summed E-state index contributed by atoms with van der Waals surface area (Å²) < 4.78 is 1.95. The number of nitrogens with zero attached hydrogens (tertiary/aromatic N) is 1. The summed E-state index contributed by atoms with van der Waals surface area (Å²) in [6.45, 7) is 2.81. The molecule has 1 aromatic rings. The van der Waals surface area contributed by atoms with E-state index in [1.54, 1.807) is 0 Å². The molecule has 0 aliphatic rings. The molecular formula is C7H10NO-. The summed E-state index contributed by atoms with van der Waals surface area (Å²) >= 11 is 0. The maximum absolute atomic E-state index is 10.4. The van der Waals surface area contributed by atoms with Crippen molar-refractivity contribution in [1.82, 2.24) is 4.57 Å². The van der Waals surface area contributed by atoms with Gasteiger partial charge in [-0.05, 0) is 19.1 Å². The van der Waals surface area contributed by atoms with Crippen molar-refractivity contribution >= 4 is 0 Å². The van der Waals surface area contributed by atoms with E-state index in [1.165, 1.54) is 0 Å². The highest BCUT2D eigenvalue weighted by molar-refractivity contribution is 5.04. The average Bonchev–Trinajstić information content (AvgIpc) is 2.33. The summed E-state index contributed by atoms with van der Waals surface area (Å²) in [5, 5.41) is 10.4. The van der Waals surface area contributed by atoms with Gasteiger partial charge in [0.05, 0.1) is 0 Å². The number of rotatable bonds is 2. The number of hydrogen-bond donors (Lipinski definition) is 0. The fourth-order valence-corrected chi connectivity index (χ4v) is 0.889. The molecule has 0 aromatic carbocycles. The van der Waals surface area contributed by atoms with Crippen molar-refractivity contribution in [3.8, 4) is 0 Å². The van der Waals surface area contributed by atoms with Crippen LogP contribution in [-0.2, 0) is 13.2 Å². The molecule has 0 unspecified atom stereocenters. The van der Waals surface area contributed by atoms with Gasteiger partial charge in [0.2, 0.25) is 0 Å². The Labute approximate surface area is 54.7 Å². The normalized spacial score (nSPS) is 10.0. The molecule has 0 radical (unpaired) electrons. The van der Waals surface area contributed by atoms with Gasteiger partial charge in [0.1, 0.15) is 0 Å². The summed E-state index contributed by atoms with van der Waals surface area (Å²) in [6.07, 6.45) is 1.92. The van der Waals surface area contributed by atoms with Gasteiger partial charge in [0, 0.05) is 18.4 Å². The SMILES string of the molecule is CCn1cccc1C[O-]. The Hall–Kier alpha value is -0.760. The molecule has 0 aliphatic heterocycles. The second kappa shape index (κ2) is 2.69. The molecule has 0 fully saturated rings. The third-order valence-corrected chi connectivity index (χ3v) is 1.41. The van der Waals surface area contributed by atoms with E-state index >= 15 is 0 Å². The highest BCUT2D eigenvalue weighted by Crippen LogP contribution is 1.98. The summed E-state index contributed by atoms with van der Waals surface area (Å²) in [5.41, 5.74) is 0.873. The molecule has 0 spiro atoms. The van der Waals surface area contributed by atoms with Crippen LogP contribution in [0.3, 0.4) is 0 Å². The van der Waals surface area contributed by atoms with E-state index < -0.39 is 0 Å². The number of aromatic nitrogens is 1. The maximum atomic E-state index is 10.4. The Kier molecular flexibility index (Phi) is 1.90. The van der Waals surface area contributed by atoms with Crippen molar-refractivity contribution in [1.29, 1.82) is 0 Å². The molecule has 0 saturated carbocycles. The van der Waals surface area contributed by atoms with Crippen LogP contribution >= 0.6 is 0 Å². The Morgan fingerprint density at radius 2 is 2.44 bits per heavy atom. The van der Waals surface area contributed by atoms with Gasteiger partial charge < -0.3 is 9.67 Å². The topological polar surface area (TPSA) is 28.0 Å². The fourth-order valence-electron chi connectivity index (χ4n) is 0.889. The smallest absolute Gasteiger partial charge is 0.0193 e. The minimum atomic E-state index is -0.110. The molecule has 1 rings (SSSR count). The lowest BCUT2D eigenvalue weighted by molar-refractivity contribution is -0.387. The van der Waals surface area contributed by atoms with Gasteiger partial charge in [-0.1, -0.05) is 6.61 Å². The Morgan fingerprint density at radius 1 is 1.67 bits per heavy atom. The van der Waals surface area contributed by atoms with Gasteiger partial charge >= 0.3 is 0 Å². The first-order chi connectivity index (χ1) is 4.38. The Morgan fingerprint density at radius 3 is 2.89 bits per heavy atom. The van der Waals surface area contributed by atoms with E-state index in [9.17, 15) is 5.11 Å². The predicted octanol–water partition coefficient (Wildman–Crippen LogP) is 0.368. The quantitative estimate of drug-likeness (QED) is 0.559. The van der Waals surface area contributed by atoms with Crippen LogP contribution in [0.2, 0.25) is 0 Å². The number of aryl methyl sites for hydroxylation is 1. The summed E-state index contributed by atoms with van der Waals surface area (Å²) in [4.78, 5) is 0. The highest BCUT2D eigenvalue weighted by atomic mass is 16.3. The molecule has 0 N–H and O–H groups in total. The number of hydrogen-bond acceptors (Lipinski definition) is 1. The molecule has 9 heavy (non-hydrogen) atoms. The maximum Gasteiger partial charge on any atom is 0.0193 e. The van der Waals surface area contributed by atoms with Gasteiger partial charge in [-0.3, -0.25) is 0 Å². The third-order valence-electron chi connectivity index (χ3n) is 1.41. The highest BCUT2D eigenvalue weighted by Gasteiger charge is 1.89. The lowest BCUT2D eigenvalue weighted by Gasteiger charge is -2.07. The molecule has 2 heteroatoms. The van der Waals surface area contributed by atoms with Crippen molar-refractivity contribution in [2.75, 3.05) is 0 Å².